The van der Waals surface area contributed by atoms with Gasteiger partial charge >= 0.3 is 0 Å². The Kier molecular flexibility index (Phi) is 4.12. The second kappa shape index (κ2) is 6.42. The fraction of sp³-hybridized carbons (Fsp3) is 0.222. The van der Waals surface area contributed by atoms with Gasteiger partial charge < -0.3 is 10.1 Å². The summed E-state index contributed by atoms with van der Waals surface area (Å²) < 4.78 is 5.13. The Morgan fingerprint density at radius 2 is 2.04 bits per heavy atom. The van der Waals surface area contributed by atoms with Crippen LogP contribution in [0.25, 0.3) is 22.4 Å². The average Bonchev–Trinajstić information content (AvgIpc) is 3.30. The van der Waals surface area contributed by atoms with Crippen LogP contribution >= 0.6 is 22.9 Å². The van der Waals surface area contributed by atoms with E-state index in [2.05, 4.69) is 27.8 Å². The quantitative estimate of drug-likeness (QED) is 0.689. The highest BCUT2D eigenvalue weighted by molar-refractivity contribution is 7.14. The third-order valence-electron chi connectivity index (χ3n) is 3.92. The molecule has 1 aliphatic rings. The van der Waals surface area contributed by atoms with E-state index in [1.807, 2.05) is 18.2 Å². The molecule has 3 aromatic rings. The summed E-state index contributed by atoms with van der Waals surface area (Å²) in [6.45, 7) is 0. The fourth-order valence-corrected chi connectivity index (χ4v) is 3.58. The number of halogens is 1. The van der Waals surface area contributed by atoms with Crippen LogP contribution in [0.1, 0.15) is 12.8 Å². The number of nitrogens with zero attached hydrogens (tertiary/aromatic N) is 2. The van der Waals surface area contributed by atoms with Crippen LogP contribution in [-0.4, -0.2) is 23.1 Å². The average molecular weight is 358 g/mol. The van der Waals surface area contributed by atoms with Gasteiger partial charge in [-0.3, -0.25) is 0 Å². The molecule has 0 radical (unpaired) electrons. The molecule has 1 fully saturated rings. The van der Waals surface area contributed by atoms with Gasteiger partial charge in [0.25, 0.3) is 0 Å². The topological polar surface area (TPSA) is 47.0 Å². The van der Waals surface area contributed by atoms with Crippen molar-refractivity contribution in [3.8, 4) is 28.3 Å². The van der Waals surface area contributed by atoms with E-state index in [-0.39, 0.29) is 0 Å². The number of pyridine rings is 1. The van der Waals surface area contributed by atoms with Crippen molar-refractivity contribution in [3.05, 3.63) is 46.9 Å². The molecule has 1 aliphatic carbocycles. The zero-order chi connectivity index (χ0) is 16.5. The van der Waals surface area contributed by atoms with Crippen LogP contribution in [0.2, 0.25) is 5.02 Å². The molecule has 122 valence electrons. The molecule has 0 atom stereocenters. The van der Waals surface area contributed by atoms with Crippen molar-refractivity contribution in [2.75, 3.05) is 12.4 Å². The van der Waals surface area contributed by atoms with Crippen LogP contribution < -0.4 is 10.1 Å². The summed E-state index contributed by atoms with van der Waals surface area (Å²) >= 11 is 7.88. The fourth-order valence-electron chi connectivity index (χ4n) is 2.55. The molecule has 24 heavy (non-hydrogen) atoms. The molecule has 4 rings (SSSR count). The third-order valence-corrected chi connectivity index (χ3v) is 4.97. The van der Waals surface area contributed by atoms with Gasteiger partial charge in [-0.15, -0.1) is 11.3 Å². The Balaban J connectivity index is 1.72. The van der Waals surface area contributed by atoms with Crippen molar-refractivity contribution in [2.45, 2.75) is 18.9 Å². The monoisotopic (exact) mass is 357 g/mol. The number of anilines is 1. The molecule has 0 bridgehead atoms. The number of benzene rings is 1. The lowest BCUT2D eigenvalue weighted by Crippen LogP contribution is -1.99. The lowest BCUT2D eigenvalue weighted by atomic mass is 9.99. The number of hydrogen-bond donors (Lipinski definition) is 1. The number of thiazole rings is 1. The summed E-state index contributed by atoms with van der Waals surface area (Å²) in [5.41, 5.74) is 4.03. The smallest absolute Gasteiger partial charge is 0.232 e. The first kappa shape index (κ1) is 15.4. The maximum atomic E-state index is 6.24. The van der Waals surface area contributed by atoms with Crippen molar-refractivity contribution >= 4 is 28.1 Å². The van der Waals surface area contributed by atoms with Crippen molar-refractivity contribution in [3.63, 3.8) is 0 Å². The molecule has 0 spiro atoms. The highest BCUT2D eigenvalue weighted by Crippen LogP contribution is 2.36. The second-order valence-corrected chi connectivity index (χ2v) is 6.98. The zero-order valence-corrected chi connectivity index (χ0v) is 14.7. The molecule has 2 aromatic heterocycles. The minimum atomic E-state index is 0.433. The highest BCUT2D eigenvalue weighted by atomic mass is 35.5. The number of rotatable bonds is 5. The summed E-state index contributed by atoms with van der Waals surface area (Å²) in [5, 5.41) is 7.01. The van der Waals surface area contributed by atoms with Gasteiger partial charge in [-0.2, -0.15) is 0 Å². The molecule has 1 aromatic carbocycles. The van der Waals surface area contributed by atoms with Crippen LogP contribution in [0.15, 0.2) is 41.9 Å². The first-order chi connectivity index (χ1) is 11.7. The first-order valence-electron chi connectivity index (χ1n) is 7.76. The van der Waals surface area contributed by atoms with Gasteiger partial charge in [0.05, 0.1) is 12.8 Å². The number of aromatic nitrogens is 2. The van der Waals surface area contributed by atoms with E-state index in [9.17, 15) is 0 Å². The molecule has 6 heteroatoms. The molecule has 0 aliphatic heterocycles. The van der Waals surface area contributed by atoms with E-state index in [0.29, 0.717) is 16.9 Å². The molecule has 2 heterocycles. The summed E-state index contributed by atoms with van der Waals surface area (Å²) in [6.07, 6.45) is 4.25. The Bertz CT molecular complexity index is 876. The van der Waals surface area contributed by atoms with Crippen LogP contribution in [0.3, 0.4) is 0 Å². The molecular formula is C18H16ClN3OS. The Morgan fingerprint density at radius 1 is 1.25 bits per heavy atom. The summed E-state index contributed by atoms with van der Waals surface area (Å²) in [5.74, 6) is 0.433. The van der Waals surface area contributed by atoms with E-state index in [1.54, 1.807) is 24.6 Å². The van der Waals surface area contributed by atoms with E-state index in [1.165, 1.54) is 12.8 Å². The van der Waals surface area contributed by atoms with Crippen LogP contribution in [0.4, 0.5) is 5.13 Å². The Labute approximate surface area is 149 Å². The molecule has 1 saturated carbocycles. The molecular weight excluding hydrogens is 342 g/mol. The maximum absolute atomic E-state index is 6.24. The summed E-state index contributed by atoms with van der Waals surface area (Å²) in [7, 11) is 1.56. The first-order valence-corrected chi connectivity index (χ1v) is 9.02. The van der Waals surface area contributed by atoms with Gasteiger partial charge in [0.15, 0.2) is 5.13 Å². The molecule has 0 unspecified atom stereocenters. The number of hydrogen-bond acceptors (Lipinski definition) is 5. The molecule has 0 amide bonds. The van der Waals surface area contributed by atoms with E-state index >= 15 is 0 Å². The predicted octanol–water partition coefficient (Wildman–Crippen LogP) is 5.11. The van der Waals surface area contributed by atoms with Gasteiger partial charge in [-0.1, -0.05) is 35.9 Å². The minimum Gasteiger partial charge on any atom is -0.480 e. The maximum Gasteiger partial charge on any atom is 0.232 e. The lowest BCUT2D eigenvalue weighted by Gasteiger charge is -2.09. The van der Waals surface area contributed by atoms with Crippen LogP contribution in [-0.2, 0) is 0 Å². The Morgan fingerprint density at radius 3 is 2.75 bits per heavy atom. The number of methoxy groups -OCH3 is 1. The Hall–Kier alpha value is -2.11. The minimum absolute atomic E-state index is 0.433. The van der Waals surface area contributed by atoms with E-state index < -0.39 is 0 Å². The van der Waals surface area contributed by atoms with Crippen LogP contribution in [0, 0.1) is 0 Å². The van der Waals surface area contributed by atoms with Gasteiger partial charge in [0.1, 0.15) is 5.02 Å². The largest absolute Gasteiger partial charge is 0.480 e. The predicted molar refractivity (Wildman–Crippen MR) is 99.0 cm³/mol. The number of ether oxygens (including phenoxy) is 1. The molecule has 4 nitrogen and oxygen atoms in total. The standard InChI is InChI=1S/C18H16ClN3OS/c1-23-17-15(19)8-11(9-20-17)13-4-2-3-5-14(13)16-10-24-18(22-16)21-12-6-7-12/h2-5,8-10,12H,6-7H2,1H3,(H,21,22). The lowest BCUT2D eigenvalue weighted by molar-refractivity contribution is 0.398. The number of nitrogens with one attached hydrogen (secondary N) is 1. The summed E-state index contributed by atoms with van der Waals surface area (Å²) in [6, 6.07) is 10.6. The van der Waals surface area contributed by atoms with E-state index in [4.69, 9.17) is 21.3 Å². The second-order valence-electron chi connectivity index (χ2n) is 5.72. The molecule has 1 N–H and O–H groups in total. The van der Waals surface area contributed by atoms with Gasteiger partial charge in [0.2, 0.25) is 5.88 Å². The van der Waals surface area contributed by atoms with E-state index in [0.717, 1.165) is 27.5 Å². The van der Waals surface area contributed by atoms with Gasteiger partial charge in [-0.25, -0.2) is 9.97 Å². The summed E-state index contributed by atoms with van der Waals surface area (Å²) in [4.78, 5) is 9.01. The van der Waals surface area contributed by atoms with Crippen molar-refractivity contribution in [2.24, 2.45) is 0 Å². The van der Waals surface area contributed by atoms with Crippen molar-refractivity contribution < 1.29 is 4.74 Å². The van der Waals surface area contributed by atoms with Crippen molar-refractivity contribution in [1.29, 1.82) is 0 Å². The van der Waals surface area contributed by atoms with Gasteiger partial charge in [0, 0.05) is 28.7 Å². The SMILES string of the molecule is COc1ncc(-c2ccccc2-c2csc(NC3CC3)n2)cc1Cl. The third kappa shape index (κ3) is 3.09. The van der Waals surface area contributed by atoms with Gasteiger partial charge in [-0.05, 0) is 24.5 Å². The van der Waals surface area contributed by atoms with Crippen LogP contribution in [0.5, 0.6) is 5.88 Å². The van der Waals surface area contributed by atoms with Crippen molar-refractivity contribution in [1.82, 2.24) is 9.97 Å². The zero-order valence-electron chi connectivity index (χ0n) is 13.1. The normalized spacial score (nSPS) is 13.8. The molecule has 0 saturated heterocycles. The highest BCUT2D eigenvalue weighted by Gasteiger charge is 2.22.